The first kappa shape index (κ1) is 16.9. The molecule has 2 aliphatic rings. The van der Waals surface area contributed by atoms with Crippen molar-refractivity contribution in [1.29, 1.82) is 0 Å². The van der Waals surface area contributed by atoms with Gasteiger partial charge in [-0.2, -0.15) is 0 Å². The van der Waals surface area contributed by atoms with E-state index in [4.69, 9.17) is 14.5 Å². The van der Waals surface area contributed by atoms with E-state index in [0.717, 1.165) is 11.3 Å². The van der Waals surface area contributed by atoms with Gasteiger partial charge in [0.2, 0.25) is 5.95 Å². The molecule has 4 heterocycles. The minimum Gasteiger partial charge on any atom is -0.491 e. The van der Waals surface area contributed by atoms with Crippen molar-refractivity contribution in [2.45, 2.75) is 12.1 Å². The Kier molecular flexibility index (Phi) is 4.05. The molecule has 8 heteroatoms. The standard InChI is InChI=1S/C20H19N5O3/c1-24-18(26)10-15(14-6-7-21-12-22-14)23-20(24)25-8-9-27-19-13-4-2-3-5-17(13)28-11-16(19)25/h2-7,10,12,16,19H,8-9,11H2,1H3/t16-,19+/m0/s1. The normalized spacial score (nSPS) is 20.8. The summed E-state index contributed by atoms with van der Waals surface area (Å²) in [6.45, 7) is 1.64. The largest absolute Gasteiger partial charge is 0.491 e. The van der Waals surface area contributed by atoms with Gasteiger partial charge in [-0.15, -0.1) is 0 Å². The second-order valence-electron chi connectivity index (χ2n) is 6.83. The number of hydrogen-bond acceptors (Lipinski definition) is 7. The molecule has 0 amide bonds. The molecule has 0 N–H and O–H groups in total. The van der Waals surface area contributed by atoms with Gasteiger partial charge in [0.1, 0.15) is 24.8 Å². The lowest BCUT2D eigenvalue weighted by Crippen LogP contribution is -2.53. The highest BCUT2D eigenvalue weighted by molar-refractivity contribution is 5.55. The molecule has 2 aromatic heterocycles. The smallest absolute Gasteiger partial charge is 0.255 e. The number of rotatable bonds is 2. The molecule has 0 unspecified atom stereocenters. The Morgan fingerprint density at radius 1 is 1.18 bits per heavy atom. The Hall–Kier alpha value is -3.26. The van der Waals surface area contributed by atoms with E-state index in [1.165, 1.54) is 12.4 Å². The molecule has 142 valence electrons. The van der Waals surface area contributed by atoms with Crippen LogP contribution in [0.2, 0.25) is 0 Å². The van der Waals surface area contributed by atoms with Gasteiger partial charge in [-0.25, -0.2) is 15.0 Å². The molecule has 1 saturated heterocycles. The van der Waals surface area contributed by atoms with E-state index < -0.39 is 0 Å². The zero-order chi connectivity index (χ0) is 19.1. The topological polar surface area (TPSA) is 82.4 Å². The molecule has 0 saturated carbocycles. The summed E-state index contributed by atoms with van der Waals surface area (Å²) in [4.78, 5) is 27.7. The Morgan fingerprint density at radius 3 is 2.93 bits per heavy atom. The molecule has 0 aliphatic carbocycles. The Morgan fingerprint density at radius 2 is 2.07 bits per heavy atom. The first-order valence-corrected chi connectivity index (χ1v) is 9.17. The number of benzene rings is 1. The highest BCUT2D eigenvalue weighted by Gasteiger charge is 2.40. The number of para-hydroxylation sites is 1. The minimum atomic E-state index is -0.140. The molecule has 5 rings (SSSR count). The number of anilines is 1. The molecule has 1 fully saturated rings. The number of hydrogen-bond donors (Lipinski definition) is 0. The van der Waals surface area contributed by atoms with Gasteiger partial charge in [0, 0.05) is 31.4 Å². The highest BCUT2D eigenvalue weighted by Crippen LogP contribution is 2.39. The summed E-state index contributed by atoms with van der Waals surface area (Å²) < 4.78 is 13.6. The van der Waals surface area contributed by atoms with Crippen LogP contribution < -0.4 is 15.2 Å². The van der Waals surface area contributed by atoms with Gasteiger partial charge < -0.3 is 14.4 Å². The van der Waals surface area contributed by atoms with Gasteiger partial charge in [0.15, 0.2) is 0 Å². The molecule has 0 spiro atoms. The molecular formula is C20H19N5O3. The van der Waals surface area contributed by atoms with Crippen LogP contribution in [-0.4, -0.2) is 45.3 Å². The molecule has 3 aromatic rings. The summed E-state index contributed by atoms with van der Waals surface area (Å²) in [5, 5.41) is 0. The van der Waals surface area contributed by atoms with E-state index in [-0.39, 0.29) is 17.7 Å². The summed E-state index contributed by atoms with van der Waals surface area (Å²) in [6, 6.07) is 11.1. The quantitative estimate of drug-likeness (QED) is 0.670. The monoisotopic (exact) mass is 377 g/mol. The zero-order valence-corrected chi connectivity index (χ0v) is 15.4. The summed E-state index contributed by atoms with van der Waals surface area (Å²) in [5.74, 6) is 1.43. The average molecular weight is 377 g/mol. The van der Waals surface area contributed by atoms with Crippen LogP contribution in [0.15, 0.2) is 53.7 Å². The van der Waals surface area contributed by atoms with Crippen molar-refractivity contribution < 1.29 is 9.47 Å². The molecule has 2 atom stereocenters. The summed E-state index contributed by atoms with van der Waals surface area (Å²) in [6.07, 6.45) is 2.96. The first-order valence-electron chi connectivity index (χ1n) is 9.17. The van der Waals surface area contributed by atoms with E-state index in [2.05, 4.69) is 14.9 Å². The van der Waals surface area contributed by atoms with Crippen LogP contribution in [0.4, 0.5) is 5.95 Å². The second kappa shape index (κ2) is 6.72. The number of aromatic nitrogens is 4. The van der Waals surface area contributed by atoms with Crippen LogP contribution in [0.3, 0.4) is 0 Å². The van der Waals surface area contributed by atoms with Crippen molar-refractivity contribution in [3.8, 4) is 17.1 Å². The molecule has 8 nitrogen and oxygen atoms in total. The van der Waals surface area contributed by atoms with Gasteiger partial charge in [0.05, 0.1) is 24.0 Å². The number of fused-ring (bicyclic) bond motifs is 3. The lowest BCUT2D eigenvalue weighted by Gasteiger charge is -2.44. The molecule has 1 aromatic carbocycles. The van der Waals surface area contributed by atoms with Gasteiger partial charge in [-0.3, -0.25) is 9.36 Å². The molecule has 0 bridgehead atoms. The second-order valence-corrected chi connectivity index (χ2v) is 6.83. The number of ether oxygens (including phenoxy) is 2. The molecule has 0 radical (unpaired) electrons. The predicted octanol–water partition coefficient (Wildman–Crippen LogP) is 1.58. The van der Waals surface area contributed by atoms with E-state index >= 15 is 0 Å². The van der Waals surface area contributed by atoms with E-state index in [0.29, 0.717) is 37.1 Å². The van der Waals surface area contributed by atoms with Gasteiger partial charge in [-0.1, -0.05) is 18.2 Å². The highest BCUT2D eigenvalue weighted by atomic mass is 16.5. The Labute approximate surface area is 161 Å². The molecule has 2 aliphatic heterocycles. The fraction of sp³-hybridized carbons (Fsp3) is 0.300. The Bertz CT molecular complexity index is 1070. The summed E-state index contributed by atoms with van der Waals surface area (Å²) in [7, 11) is 1.73. The fourth-order valence-electron chi connectivity index (χ4n) is 3.82. The van der Waals surface area contributed by atoms with Crippen LogP contribution in [0.1, 0.15) is 11.7 Å². The van der Waals surface area contributed by atoms with E-state index in [1.807, 2.05) is 24.3 Å². The zero-order valence-electron chi connectivity index (χ0n) is 15.4. The van der Waals surface area contributed by atoms with Crippen molar-refractivity contribution >= 4 is 5.95 Å². The predicted molar refractivity (Wildman–Crippen MR) is 102 cm³/mol. The molecule has 28 heavy (non-hydrogen) atoms. The maximum absolute atomic E-state index is 12.6. The number of nitrogens with zero attached hydrogens (tertiary/aromatic N) is 5. The summed E-state index contributed by atoms with van der Waals surface area (Å²) in [5.41, 5.74) is 2.03. The molecular weight excluding hydrogens is 358 g/mol. The van der Waals surface area contributed by atoms with Crippen LogP contribution >= 0.6 is 0 Å². The average Bonchev–Trinajstić information content (AvgIpc) is 2.75. The van der Waals surface area contributed by atoms with Gasteiger partial charge >= 0.3 is 0 Å². The third-order valence-corrected chi connectivity index (χ3v) is 5.23. The first-order chi connectivity index (χ1) is 13.7. The lowest BCUT2D eigenvalue weighted by atomic mass is 9.96. The van der Waals surface area contributed by atoms with Crippen molar-refractivity contribution in [2.75, 3.05) is 24.7 Å². The van der Waals surface area contributed by atoms with Crippen LogP contribution in [0, 0.1) is 0 Å². The number of morpholine rings is 1. The van der Waals surface area contributed by atoms with Crippen molar-refractivity contribution in [1.82, 2.24) is 19.5 Å². The Balaban J connectivity index is 1.58. The summed E-state index contributed by atoms with van der Waals surface area (Å²) >= 11 is 0. The minimum absolute atomic E-state index is 0.0672. The maximum Gasteiger partial charge on any atom is 0.255 e. The van der Waals surface area contributed by atoms with Gasteiger partial charge in [0.25, 0.3) is 5.56 Å². The van der Waals surface area contributed by atoms with E-state index in [1.54, 1.807) is 23.9 Å². The SMILES string of the molecule is Cn1c(N2CCO[C@@H]3c4ccccc4OC[C@@H]32)nc(-c2ccncn2)cc1=O. The van der Waals surface area contributed by atoms with Crippen LogP contribution in [0.5, 0.6) is 5.75 Å². The van der Waals surface area contributed by atoms with Crippen molar-refractivity contribution in [3.63, 3.8) is 0 Å². The fourth-order valence-corrected chi connectivity index (χ4v) is 3.82. The van der Waals surface area contributed by atoms with Crippen LogP contribution in [-0.2, 0) is 11.8 Å². The maximum atomic E-state index is 12.6. The third-order valence-electron chi connectivity index (χ3n) is 5.23. The van der Waals surface area contributed by atoms with Crippen molar-refractivity contribution in [3.05, 3.63) is 64.8 Å². The van der Waals surface area contributed by atoms with E-state index in [9.17, 15) is 4.79 Å². The third kappa shape index (κ3) is 2.73. The van der Waals surface area contributed by atoms with Crippen LogP contribution in [0.25, 0.3) is 11.4 Å². The van der Waals surface area contributed by atoms with Gasteiger partial charge in [-0.05, 0) is 12.1 Å². The lowest BCUT2D eigenvalue weighted by molar-refractivity contribution is -0.0164. The van der Waals surface area contributed by atoms with Crippen molar-refractivity contribution in [2.24, 2.45) is 7.05 Å².